The summed E-state index contributed by atoms with van der Waals surface area (Å²) in [5.74, 6) is 3.45. The molecule has 3 atom stereocenters. The van der Waals surface area contributed by atoms with Gasteiger partial charge in [0.25, 0.3) is 5.91 Å². The Morgan fingerprint density at radius 1 is 1.21 bits per heavy atom. The molecule has 1 saturated carbocycles. The summed E-state index contributed by atoms with van der Waals surface area (Å²) in [6.45, 7) is 0.176. The molecular formula is C24H27NO4. The molecule has 1 fully saturated rings. The number of amides is 1. The van der Waals surface area contributed by atoms with Crippen LogP contribution in [0.4, 0.5) is 0 Å². The molecule has 152 valence electrons. The highest BCUT2D eigenvalue weighted by Crippen LogP contribution is 2.37. The zero-order valence-corrected chi connectivity index (χ0v) is 16.6. The first-order valence-electron chi connectivity index (χ1n) is 9.91. The molecule has 1 aliphatic rings. The van der Waals surface area contributed by atoms with Crippen LogP contribution in [-0.2, 0) is 4.79 Å². The zero-order chi connectivity index (χ0) is 20.6. The van der Waals surface area contributed by atoms with Crippen LogP contribution in [0, 0.1) is 12.3 Å². The minimum absolute atomic E-state index is 0.0446. The van der Waals surface area contributed by atoms with Crippen LogP contribution in [0.2, 0.25) is 0 Å². The lowest BCUT2D eigenvalue weighted by Crippen LogP contribution is -2.43. The average molecular weight is 393 g/mol. The number of hydrogen-bond donors (Lipinski definition) is 2. The van der Waals surface area contributed by atoms with E-state index >= 15 is 0 Å². The van der Waals surface area contributed by atoms with E-state index in [1.54, 1.807) is 19.2 Å². The van der Waals surface area contributed by atoms with Crippen molar-refractivity contribution in [2.75, 3.05) is 13.7 Å². The Labute approximate surface area is 172 Å². The van der Waals surface area contributed by atoms with Gasteiger partial charge in [0.2, 0.25) is 0 Å². The molecule has 5 heteroatoms. The fourth-order valence-electron chi connectivity index (χ4n) is 3.90. The number of carbonyl (C=O) groups excluding carboxylic acids is 1. The van der Waals surface area contributed by atoms with Crippen LogP contribution in [0.3, 0.4) is 0 Å². The van der Waals surface area contributed by atoms with Crippen molar-refractivity contribution in [3.8, 4) is 23.8 Å². The average Bonchev–Trinajstić information content (AvgIpc) is 2.78. The van der Waals surface area contributed by atoms with Gasteiger partial charge in [0, 0.05) is 12.0 Å². The smallest absolute Gasteiger partial charge is 0.253 e. The van der Waals surface area contributed by atoms with Gasteiger partial charge in [-0.25, -0.2) is 0 Å². The molecule has 0 bridgehead atoms. The number of benzene rings is 2. The van der Waals surface area contributed by atoms with E-state index in [0.29, 0.717) is 17.1 Å². The maximum Gasteiger partial charge on any atom is 0.253 e. The predicted octanol–water partition coefficient (Wildman–Crippen LogP) is 3.58. The Balaban J connectivity index is 1.76. The summed E-state index contributed by atoms with van der Waals surface area (Å²) in [6.07, 6.45) is 8.06. The van der Waals surface area contributed by atoms with Crippen LogP contribution in [0.25, 0.3) is 0 Å². The highest BCUT2D eigenvalue weighted by atomic mass is 16.5. The van der Waals surface area contributed by atoms with Crippen LogP contribution in [0.1, 0.15) is 48.8 Å². The molecule has 2 N–H and O–H groups in total. The Bertz CT molecular complexity index is 859. The molecule has 2 aromatic carbocycles. The number of aliphatic hydroxyl groups is 1. The summed E-state index contributed by atoms with van der Waals surface area (Å²) in [7, 11) is 1.60. The van der Waals surface area contributed by atoms with E-state index in [1.807, 2.05) is 36.4 Å². The molecule has 2 aromatic rings. The first kappa shape index (κ1) is 20.8. The molecule has 0 aliphatic heterocycles. The van der Waals surface area contributed by atoms with E-state index in [2.05, 4.69) is 11.2 Å². The van der Waals surface area contributed by atoms with Gasteiger partial charge in [-0.1, -0.05) is 55.2 Å². The third-order valence-corrected chi connectivity index (χ3v) is 5.38. The molecule has 3 rings (SSSR count). The van der Waals surface area contributed by atoms with E-state index in [4.69, 9.17) is 15.9 Å². The Kier molecular flexibility index (Phi) is 7.15. The van der Waals surface area contributed by atoms with Crippen molar-refractivity contribution in [2.45, 2.75) is 43.7 Å². The van der Waals surface area contributed by atoms with Gasteiger partial charge >= 0.3 is 0 Å². The fraction of sp³-hybridized carbons (Fsp3) is 0.375. The molecule has 1 amide bonds. The SMILES string of the molecule is C#CCOc1ccc([C@@H]2CCCC[C@H]2NC(=O)C(O)c2ccccc2)cc1OC. The summed E-state index contributed by atoms with van der Waals surface area (Å²) in [5, 5.41) is 13.5. The monoisotopic (exact) mass is 393 g/mol. The van der Waals surface area contributed by atoms with Crippen molar-refractivity contribution in [1.82, 2.24) is 5.32 Å². The first-order chi connectivity index (χ1) is 14.1. The van der Waals surface area contributed by atoms with Crippen LogP contribution < -0.4 is 14.8 Å². The second kappa shape index (κ2) is 9.99. The van der Waals surface area contributed by atoms with Crippen LogP contribution >= 0.6 is 0 Å². The van der Waals surface area contributed by atoms with E-state index in [9.17, 15) is 9.90 Å². The quantitative estimate of drug-likeness (QED) is 0.706. The number of carbonyl (C=O) groups is 1. The second-order valence-corrected chi connectivity index (χ2v) is 7.22. The molecule has 1 unspecified atom stereocenters. The van der Waals surface area contributed by atoms with Crippen molar-refractivity contribution < 1.29 is 19.4 Å². The molecule has 0 spiro atoms. The Morgan fingerprint density at radius 3 is 2.69 bits per heavy atom. The highest BCUT2D eigenvalue weighted by molar-refractivity contribution is 5.82. The number of terminal acetylenes is 1. The summed E-state index contributed by atoms with van der Waals surface area (Å²) >= 11 is 0. The third kappa shape index (κ3) is 5.10. The largest absolute Gasteiger partial charge is 0.493 e. The van der Waals surface area contributed by atoms with E-state index in [1.165, 1.54) is 0 Å². The van der Waals surface area contributed by atoms with Crippen molar-refractivity contribution in [1.29, 1.82) is 0 Å². The number of hydrogen-bond acceptors (Lipinski definition) is 4. The van der Waals surface area contributed by atoms with Gasteiger partial charge in [-0.05, 0) is 36.1 Å². The van der Waals surface area contributed by atoms with Gasteiger partial charge in [0.15, 0.2) is 17.6 Å². The van der Waals surface area contributed by atoms with E-state index in [0.717, 1.165) is 31.2 Å². The Morgan fingerprint density at radius 2 is 1.97 bits per heavy atom. The lowest BCUT2D eigenvalue weighted by atomic mass is 9.79. The highest BCUT2D eigenvalue weighted by Gasteiger charge is 2.30. The standard InChI is InChI=1S/C24H27NO4/c1-3-15-29-21-14-13-18(16-22(21)28-2)19-11-7-8-12-20(19)25-24(27)23(26)17-9-5-4-6-10-17/h1,4-6,9-10,13-14,16,19-20,23,26H,7-8,11-12,15H2,2H3,(H,25,27)/t19-,20+,23?/m0/s1. The summed E-state index contributed by atoms with van der Waals surface area (Å²) in [6, 6.07) is 14.7. The molecule has 5 nitrogen and oxygen atoms in total. The van der Waals surface area contributed by atoms with Crippen molar-refractivity contribution in [3.05, 3.63) is 59.7 Å². The number of methoxy groups -OCH3 is 1. The second-order valence-electron chi connectivity index (χ2n) is 7.22. The lowest BCUT2D eigenvalue weighted by Gasteiger charge is -2.33. The zero-order valence-electron chi connectivity index (χ0n) is 16.6. The minimum atomic E-state index is -1.17. The first-order valence-corrected chi connectivity index (χ1v) is 9.91. The molecule has 29 heavy (non-hydrogen) atoms. The van der Waals surface area contributed by atoms with Crippen molar-refractivity contribution >= 4 is 5.91 Å². The number of rotatable bonds is 7. The van der Waals surface area contributed by atoms with Crippen LogP contribution in [-0.4, -0.2) is 30.8 Å². The van der Waals surface area contributed by atoms with E-state index in [-0.39, 0.29) is 24.5 Å². The topological polar surface area (TPSA) is 67.8 Å². The lowest BCUT2D eigenvalue weighted by molar-refractivity contribution is -0.130. The summed E-state index contributed by atoms with van der Waals surface area (Å²) in [4.78, 5) is 12.7. The fourth-order valence-corrected chi connectivity index (χ4v) is 3.90. The van der Waals surface area contributed by atoms with Gasteiger partial charge in [-0.15, -0.1) is 6.42 Å². The van der Waals surface area contributed by atoms with Crippen molar-refractivity contribution in [3.63, 3.8) is 0 Å². The van der Waals surface area contributed by atoms with Gasteiger partial charge in [0.1, 0.15) is 6.61 Å². The van der Waals surface area contributed by atoms with Gasteiger partial charge < -0.3 is 19.9 Å². The Hall–Kier alpha value is -2.97. The predicted molar refractivity (Wildman–Crippen MR) is 112 cm³/mol. The third-order valence-electron chi connectivity index (χ3n) is 5.38. The number of aliphatic hydroxyl groups excluding tert-OH is 1. The summed E-state index contributed by atoms with van der Waals surface area (Å²) in [5.41, 5.74) is 1.67. The van der Waals surface area contributed by atoms with Gasteiger partial charge in [-0.2, -0.15) is 0 Å². The molecule has 1 aliphatic carbocycles. The number of nitrogens with one attached hydrogen (secondary N) is 1. The van der Waals surface area contributed by atoms with Gasteiger partial charge in [0.05, 0.1) is 7.11 Å². The van der Waals surface area contributed by atoms with E-state index < -0.39 is 6.10 Å². The summed E-state index contributed by atoms with van der Waals surface area (Å²) < 4.78 is 11.0. The molecule has 0 heterocycles. The molecule has 0 radical (unpaired) electrons. The molecule has 0 aromatic heterocycles. The number of ether oxygens (including phenoxy) is 2. The maximum atomic E-state index is 12.7. The maximum absolute atomic E-state index is 12.7. The van der Waals surface area contributed by atoms with Gasteiger partial charge in [-0.3, -0.25) is 4.79 Å². The molecule has 0 saturated heterocycles. The van der Waals surface area contributed by atoms with Crippen LogP contribution in [0.5, 0.6) is 11.5 Å². The van der Waals surface area contributed by atoms with Crippen LogP contribution in [0.15, 0.2) is 48.5 Å². The normalized spacial score (nSPS) is 19.6. The van der Waals surface area contributed by atoms with Crippen molar-refractivity contribution in [2.24, 2.45) is 0 Å². The minimum Gasteiger partial charge on any atom is -0.493 e. The molecular weight excluding hydrogens is 366 g/mol.